The average molecular weight is 276 g/mol. The lowest BCUT2D eigenvalue weighted by atomic mass is 10.2. The number of carbonyl (C=O) groups excluding carboxylic acids is 1. The molecule has 2 amide bonds. The summed E-state index contributed by atoms with van der Waals surface area (Å²) in [7, 11) is 3.01. The van der Waals surface area contributed by atoms with E-state index < -0.39 is 24.1 Å². The number of hydrogen-bond donors (Lipinski definition) is 3. The summed E-state index contributed by atoms with van der Waals surface area (Å²) in [5, 5.41) is 21.0. The van der Waals surface area contributed by atoms with Crippen LogP contribution in [-0.2, 0) is 14.3 Å². The number of carbonyl (C=O) groups is 2. The topological polar surface area (TPSA) is 108 Å². The van der Waals surface area contributed by atoms with Gasteiger partial charge in [0.15, 0.2) is 0 Å². The minimum absolute atomic E-state index is 0.0186. The summed E-state index contributed by atoms with van der Waals surface area (Å²) in [6.07, 6.45) is -1.05. The summed E-state index contributed by atoms with van der Waals surface area (Å²) in [6.45, 7) is 0.550. The number of amides is 2. The predicted octanol–water partition coefficient (Wildman–Crippen LogP) is -1.12. The zero-order valence-electron chi connectivity index (χ0n) is 11.0. The molecule has 1 aliphatic heterocycles. The molecule has 1 fully saturated rings. The number of rotatable bonds is 6. The third kappa shape index (κ3) is 4.34. The first-order valence-electron chi connectivity index (χ1n) is 5.96. The Bertz CT molecular complexity index is 324. The van der Waals surface area contributed by atoms with Gasteiger partial charge in [-0.1, -0.05) is 0 Å². The minimum atomic E-state index is -1.12. The van der Waals surface area contributed by atoms with Crippen molar-refractivity contribution in [3.63, 3.8) is 0 Å². The summed E-state index contributed by atoms with van der Waals surface area (Å²) in [5.74, 6) is -1.12. The maximum atomic E-state index is 11.9. The molecular weight excluding hydrogens is 256 g/mol. The van der Waals surface area contributed by atoms with E-state index in [0.29, 0.717) is 6.61 Å². The second-order valence-corrected chi connectivity index (χ2v) is 4.40. The van der Waals surface area contributed by atoms with E-state index in [1.807, 2.05) is 0 Å². The largest absolute Gasteiger partial charge is 0.480 e. The average Bonchev–Trinajstić information content (AvgIpc) is 2.76. The van der Waals surface area contributed by atoms with E-state index in [-0.39, 0.29) is 25.6 Å². The Balaban J connectivity index is 2.50. The SMILES string of the molecule is COCC(CNC(=O)N1C[C@@H](O)C[C@H]1C(=O)O)OC. The number of aliphatic carboxylic acids is 1. The highest BCUT2D eigenvalue weighted by Crippen LogP contribution is 2.18. The number of aliphatic hydroxyl groups is 1. The smallest absolute Gasteiger partial charge is 0.326 e. The summed E-state index contributed by atoms with van der Waals surface area (Å²) in [6, 6.07) is -1.51. The first-order valence-corrected chi connectivity index (χ1v) is 5.96. The van der Waals surface area contributed by atoms with E-state index >= 15 is 0 Å². The van der Waals surface area contributed by atoms with Crippen LogP contribution in [0.25, 0.3) is 0 Å². The molecule has 0 spiro atoms. The zero-order valence-corrected chi connectivity index (χ0v) is 11.0. The number of likely N-dealkylation sites (tertiary alicyclic amines) is 1. The van der Waals surface area contributed by atoms with Crippen molar-refractivity contribution in [1.82, 2.24) is 10.2 Å². The molecule has 0 aliphatic carbocycles. The monoisotopic (exact) mass is 276 g/mol. The molecule has 8 nitrogen and oxygen atoms in total. The van der Waals surface area contributed by atoms with Gasteiger partial charge in [-0.2, -0.15) is 0 Å². The van der Waals surface area contributed by atoms with Crippen molar-refractivity contribution in [3.05, 3.63) is 0 Å². The fourth-order valence-corrected chi connectivity index (χ4v) is 1.97. The maximum Gasteiger partial charge on any atom is 0.326 e. The number of methoxy groups -OCH3 is 2. The van der Waals surface area contributed by atoms with Crippen molar-refractivity contribution in [2.24, 2.45) is 0 Å². The third-order valence-corrected chi connectivity index (χ3v) is 2.99. The molecule has 0 saturated carbocycles. The zero-order chi connectivity index (χ0) is 14.4. The Hall–Kier alpha value is -1.38. The number of nitrogens with one attached hydrogen (secondary N) is 1. The maximum absolute atomic E-state index is 11.9. The van der Waals surface area contributed by atoms with Crippen molar-refractivity contribution in [2.45, 2.75) is 24.7 Å². The van der Waals surface area contributed by atoms with E-state index in [2.05, 4.69) is 5.32 Å². The van der Waals surface area contributed by atoms with Gasteiger partial charge < -0.3 is 29.9 Å². The molecule has 1 aliphatic rings. The van der Waals surface area contributed by atoms with Gasteiger partial charge in [-0.25, -0.2) is 9.59 Å². The number of carboxylic acids is 1. The van der Waals surface area contributed by atoms with Crippen LogP contribution in [-0.4, -0.2) is 79.3 Å². The molecule has 0 radical (unpaired) electrons. The summed E-state index contributed by atoms with van der Waals surface area (Å²) >= 11 is 0. The Morgan fingerprint density at radius 3 is 2.68 bits per heavy atom. The lowest BCUT2D eigenvalue weighted by Gasteiger charge is -2.23. The van der Waals surface area contributed by atoms with Crippen molar-refractivity contribution >= 4 is 12.0 Å². The van der Waals surface area contributed by atoms with Crippen LogP contribution in [0.2, 0.25) is 0 Å². The van der Waals surface area contributed by atoms with Gasteiger partial charge in [0.1, 0.15) is 6.04 Å². The predicted molar refractivity (Wildman–Crippen MR) is 64.8 cm³/mol. The molecule has 8 heteroatoms. The fraction of sp³-hybridized carbons (Fsp3) is 0.818. The second-order valence-electron chi connectivity index (χ2n) is 4.40. The first-order chi connectivity index (χ1) is 8.99. The highest BCUT2D eigenvalue weighted by molar-refractivity contribution is 5.83. The van der Waals surface area contributed by atoms with E-state index in [9.17, 15) is 14.7 Å². The van der Waals surface area contributed by atoms with Crippen molar-refractivity contribution in [1.29, 1.82) is 0 Å². The van der Waals surface area contributed by atoms with Gasteiger partial charge in [-0.05, 0) is 0 Å². The molecule has 0 aromatic rings. The van der Waals surface area contributed by atoms with E-state index in [0.717, 1.165) is 4.90 Å². The molecule has 1 heterocycles. The third-order valence-electron chi connectivity index (χ3n) is 2.99. The first kappa shape index (κ1) is 15.7. The second kappa shape index (κ2) is 7.27. The van der Waals surface area contributed by atoms with Crippen LogP contribution in [0.3, 0.4) is 0 Å². The molecule has 3 N–H and O–H groups in total. The molecule has 1 rings (SSSR count). The Morgan fingerprint density at radius 2 is 2.16 bits per heavy atom. The Kier molecular flexibility index (Phi) is 6.00. The van der Waals surface area contributed by atoms with Crippen molar-refractivity contribution < 1.29 is 29.3 Å². The summed E-state index contributed by atoms with van der Waals surface area (Å²) in [4.78, 5) is 24.0. The molecule has 1 unspecified atom stereocenters. The number of urea groups is 1. The quantitative estimate of drug-likeness (QED) is 0.567. The number of aliphatic hydroxyl groups excluding tert-OH is 1. The van der Waals surface area contributed by atoms with E-state index in [1.165, 1.54) is 14.2 Å². The standard InChI is InChI=1S/C11H20N2O6/c1-18-6-8(19-2)4-12-11(17)13-5-7(14)3-9(13)10(15)16/h7-9,14H,3-6H2,1-2H3,(H,12,17)(H,15,16)/t7-,8?,9-/m0/s1. The van der Waals surface area contributed by atoms with Crippen LogP contribution in [0.15, 0.2) is 0 Å². The van der Waals surface area contributed by atoms with Crippen LogP contribution in [0.1, 0.15) is 6.42 Å². The lowest BCUT2D eigenvalue weighted by molar-refractivity contribution is -0.141. The van der Waals surface area contributed by atoms with Crippen LogP contribution < -0.4 is 5.32 Å². The number of ether oxygens (including phenoxy) is 2. The normalized spacial score (nSPS) is 24.3. The number of hydrogen-bond acceptors (Lipinski definition) is 5. The van der Waals surface area contributed by atoms with Crippen molar-refractivity contribution in [3.8, 4) is 0 Å². The lowest BCUT2D eigenvalue weighted by Crippen LogP contribution is -2.48. The van der Waals surface area contributed by atoms with Crippen LogP contribution in [0.5, 0.6) is 0 Å². The van der Waals surface area contributed by atoms with Gasteiger partial charge in [-0.3, -0.25) is 0 Å². The van der Waals surface area contributed by atoms with E-state index in [4.69, 9.17) is 14.6 Å². The fourth-order valence-electron chi connectivity index (χ4n) is 1.97. The van der Waals surface area contributed by atoms with Gasteiger partial charge in [0.05, 0.1) is 18.8 Å². The minimum Gasteiger partial charge on any atom is -0.480 e. The number of nitrogens with zero attached hydrogens (tertiary/aromatic N) is 1. The van der Waals surface area contributed by atoms with E-state index in [1.54, 1.807) is 0 Å². The molecule has 0 bridgehead atoms. The Morgan fingerprint density at radius 1 is 1.47 bits per heavy atom. The molecule has 19 heavy (non-hydrogen) atoms. The summed E-state index contributed by atoms with van der Waals surface area (Å²) < 4.78 is 9.98. The van der Waals surface area contributed by atoms with Gasteiger partial charge >= 0.3 is 12.0 Å². The van der Waals surface area contributed by atoms with Crippen molar-refractivity contribution in [2.75, 3.05) is 33.9 Å². The number of carboxylic acid groups (broad SMARTS) is 1. The van der Waals surface area contributed by atoms with Gasteiger partial charge in [0, 0.05) is 33.7 Å². The van der Waals surface area contributed by atoms with Gasteiger partial charge in [-0.15, -0.1) is 0 Å². The molecule has 1 saturated heterocycles. The van der Waals surface area contributed by atoms with Crippen LogP contribution >= 0.6 is 0 Å². The molecule has 0 aromatic carbocycles. The number of β-amino-alcohol motifs (C(OH)–C–C–N with tert-alkyl or cyclic N) is 1. The molecule has 110 valence electrons. The van der Waals surface area contributed by atoms with Crippen LogP contribution in [0.4, 0.5) is 4.79 Å². The van der Waals surface area contributed by atoms with Gasteiger partial charge in [0.2, 0.25) is 0 Å². The highest BCUT2D eigenvalue weighted by Gasteiger charge is 2.38. The molecular formula is C11H20N2O6. The highest BCUT2D eigenvalue weighted by atomic mass is 16.5. The Labute approximate surface area is 111 Å². The molecule has 0 aromatic heterocycles. The van der Waals surface area contributed by atoms with Gasteiger partial charge in [0.25, 0.3) is 0 Å². The summed E-state index contributed by atoms with van der Waals surface area (Å²) in [5.41, 5.74) is 0. The van der Waals surface area contributed by atoms with Crippen LogP contribution in [0, 0.1) is 0 Å². The molecule has 3 atom stereocenters.